The van der Waals surface area contributed by atoms with E-state index in [1.54, 1.807) is 6.33 Å². The number of nitrogens with zero attached hydrogens (tertiary/aromatic N) is 3. The van der Waals surface area contributed by atoms with Crippen LogP contribution in [0.1, 0.15) is 5.56 Å². The number of ether oxygens (including phenoxy) is 1. The van der Waals surface area contributed by atoms with Gasteiger partial charge in [0.25, 0.3) is 0 Å². The third kappa shape index (κ3) is 2.79. The lowest BCUT2D eigenvalue weighted by atomic mass is 10.1. The van der Waals surface area contributed by atoms with E-state index in [-0.39, 0.29) is 0 Å². The zero-order chi connectivity index (χ0) is 15.5. The average molecular weight is 301 g/mol. The largest absolute Gasteiger partial charge is 0.488 e. The van der Waals surface area contributed by atoms with Crippen molar-refractivity contribution in [2.75, 3.05) is 0 Å². The Bertz CT molecular complexity index is 931. The van der Waals surface area contributed by atoms with E-state index in [0.717, 1.165) is 28.1 Å². The van der Waals surface area contributed by atoms with Crippen LogP contribution < -0.4 is 4.74 Å². The van der Waals surface area contributed by atoms with Crippen LogP contribution in [0.5, 0.6) is 5.75 Å². The van der Waals surface area contributed by atoms with Gasteiger partial charge in [-0.25, -0.2) is 0 Å². The van der Waals surface area contributed by atoms with Gasteiger partial charge in [0, 0.05) is 17.3 Å². The summed E-state index contributed by atoms with van der Waals surface area (Å²) in [6.07, 6.45) is 3.71. The van der Waals surface area contributed by atoms with E-state index in [4.69, 9.17) is 4.74 Å². The SMILES string of the molecule is c1ccc(COc2ccccc2-c2ccc3nncn3c2)cc1. The maximum atomic E-state index is 6.03. The average Bonchev–Trinajstić information content (AvgIpc) is 3.09. The summed E-state index contributed by atoms with van der Waals surface area (Å²) in [5.74, 6) is 0.865. The van der Waals surface area contributed by atoms with Gasteiger partial charge in [-0.1, -0.05) is 48.5 Å². The summed E-state index contributed by atoms with van der Waals surface area (Å²) in [4.78, 5) is 0. The van der Waals surface area contributed by atoms with E-state index in [0.29, 0.717) is 6.61 Å². The smallest absolute Gasteiger partial charge is 0.160 e. The fourth-order valence-electron chi connectivity index (χ4n) is 2.55. The van der Waals surface area contributed by atoms with Crippen LogP contribution in [0, 0.1) is 0 Å². The minimum Gasteiger partial charge on any atom is -0.488 e. The van der Waals surface area contributed by atoms with Crippen molar-refractivity contribution in [3.8, 4) is 16.9 Å². The molecule has 4 heteroatoms. The van der Waals surface area contributed by atoms with Crippen molar-refractivity contribution in [2.45, 2.75) is 6.61 Å². The number of aromatic nitrogens is 3. The molecule has 4 rings (SSSR count). The van der Waals surface area contributed by atoms with E-state index >= 15 is 0 Å². The fraction of sp³-hybridized carbons (Fsp3) is 0.0526. The van der Waals surface area contributed by atoms with Crippen molar-refractivity contribution in [2.24, 2.45) is 0 Å². The first kappa shape index (κ1) is 13.5. The molecule has 0 N–H and O–H groups in total. The molecule has 0 saturated carbocycles. The van der Waals surface area contributed by atoms with E-state index in [9.17, 15) is 0 Å². The molecule has 0 aliphatic heterocycles. The number of hydrogen-bond donors (Lipinski definition) is 0. The summed E-state index contributed by atoms with van der Waals surface area (Å²) in [7, 11) is 0. The van der Waals surface area contributed by atoms with Gasteiger partial charge in [0.15, 0.2) is 5.65 Å². The first-order valence-electron chi connectivity index (χ1n) is 7.46. The molecule has 112 valence electrons. The molecule has 0 spiro atoms. The summed E-state index contributed by atoms with van der Waals surface area (Å²) in [6.45, 7) is 0.548. The van der Waals surface area contributed by atoms with E-state index in [1.165, 1.54) is 0 Å². The Balaban J connectivity index is 1.66. The van der Waals surface area contributed by atoms with Crippen LogP contribution in [-0.4, -0.2) is 14.6 Å². The zero-order valence-electron chi connectivity index (χ0n) is 12.5. The third-order valence-corrected chi connectivity index (χ3v) is 3.73. The van der Waals surface area contributed by atoms with Gasteiger partial charge in [-0.3, -0.25) is 4.40 Å². The molecule has 0 saturated heterocycles. The molecule has 2 aromatic carbocycles. The molecule has 4 nitrogen and oxygen atoms in total. The maximum absolute atomic E-state index is 6.03. The van der Waals surface area contributed by atoms with Gasteiger partial charge in [0.2, 0.25) is 0 Å². The second kappa shape index (κ2) is 5.93. The first-order chi connectivity index (χ1) is 11.4. The molecule has 4 aromatic rings. The molecular weight excluding hydrogens is 286 g/mol. The summed E-state index contributed by atoms with van der Waals surface area (Å²) < 4.78 is 7.94. The second-order valence-corrected chi connectivity index (χ2v) is 5.28. The molecule has 0 atom stereocenters. The number of fused-ring (bicyclic) bond motifs is 1. The molecule has 0 radical (unpaired) electrons. The molecule has 23 heavy (non-hydrogen) atoms. The standard InChI is InChI=1S/C19H15N3O/c1-2-6-15(7-3-1)13-23-18-9-5-4-8-17(18)16-10-11-19-21-20-14-22(19)12-16/h1-12,14H,13H2. The topological polar surface area (TPSA) is 39.4 Å². The highest BCUT2D eigenvalue weighted by molar-refractivity contribution is 5.70. The van der Waals surface area contributed by atoms with Gasteiger partial charge in [0.1, 0.15) is 18.7 Å². The molecule has 0 bridgehead atoms. The van der Waals surface area contributed by atoms with Gasteiger partial charge in [-0.15, -0.1) is 10.2 Å². The number of pyridine rings is 1. The quantitative estimate of drug-likeness (QED) is 0.572. The van der Waals surface area contributed by atoms with Crippen molar-refractivity contribution >= 4 is 5.65 Å². The Labute approximate surface area is 134 Å². The first-order valence-corrected chi connectivity index (χ1v) is 7.46. The van der Waals surface area contributed by atoms with Gasteiger partial charge >= 0.3 is 0 Å². The summed E-state index contributed by atoms with van der Waals surface area (Å²) >= 11 is 0. The van der Waals surface area contributed by atoms with Crippen LogP contribution in [-0.2, 0) is 6.61 Å². The number of rotatable bonds is 4. The molecular formula is C19H15N3O. The summed E-state index contributed by atoms with van der Waals surface area (Å²) in [5, 5.41) is 7.95. The fourth-order valence-corrected chi connectivity index (χ4v) is 2.55. The lowest BCUT2D eigenvalue weighted by Crippen LogP contribution is -1.97. The van der Waals surface area contributed by atoms with Crippen LogP contribution >= 0.6 is 0 Å². The normalized spacial score (nSPS) is 10.8. The van der Waals surface area contributed by atoms with Gasteiger partial charge in [0.05, 0.1) is 0 Å². The lowest BCUT2D eigenvalue weighted by Gasteiger charge is -2.12. The predicted octanol–water partition coefficient (Wildman–Crippen LogP) is 3.98. The van der Waals surface area contributed by atoms with Gasteiger partial charge < -0.3 is 4.74 Å². The Kier molecular flexibility index (Phi) is 3.48. The molecule has 0 fully saturated rings. The van der Waals surface area contributed by atoms with Crippen molar-refractivity contribution in [1.29, 1.82) is 0 Å². The number of benzene rings is 2. The second-order valence-electron chi connectivity index (χ2n) is 5.28. The van der Waals surface area contributed by atoms with Crippen molar-refractivity contribution < 1.29 is 4.74 Å². The summed E-state index contributed by atoms with van der Waals surface area (Å²) in [6, 6.07) is 22.2. The predicted molar refractivity (Wildman–Crippen MR) is 89.2 cm³/mol. The van der Waals surface area contributed by atoms with E-state index < -0.39 is 0 Å². The Morgan fingerprint density at radius 2 is 1.70 bits per heavy atom. The molecule has 0 aliphatic rings. The highest BCUT2D eigenvalue weighted by Crippen LogP contribution is 2.30. The van der Waals surface area contributed by atoms with Crippen LogP contribution in [0.25, 0.3) is 16.8 Å². The van der Waals surface area contributed by atoms with E-state index in [1.807, 2.05) is 59.1 Å². The Morgan fingerprint density at radius 3 is 2.61 bits per heavy atom. The Hall–Kier alpha value is -3.14. The van der Waals surface area contributed by atoms with Crippen LogP contribution in [0.15, 0.2) is 79.3 Å². The molecule has 0 amide bonds. The van der Waals surface area contributed by atoms with Crippen molar-refractivity contribution in [1.82, 2.24) is 14.6 Å². The number of hydrogen-bond acceptors (Lipinski definition) is 3. The monoisotopic (exact) mass is 301 g/mol. The van der Waals surface area contributed by atoms with Crippen LogP contribution in [0.4, 0.5) is 0 Å². The van der Waals surface area contributed by atoms with Crippen molar-refractivity contribution in [3.63, 3.8) is 0 Å². The zero-order valence-corrected chi connectivity index (χ0v) is 12.5. The van der Waals surface area contributed by atoms with E-state index in [2.05, 4.69) is 28.4 Å². The minimum atomic E-state index is 0.548. The highest BCUT2D eigenvalue weighted by atomic mass is 16.5. The molecule has 0 unspecified atom stereocenters. The van der Waals surface area contributed by atoms with Crippen LogP contribution in [0.2, 0.25) is 0 Å². The molecule has 2 aromatic heterocycles. The van der Waals surface area contributed by atoms with Gasteiger partial charge in [-0.05, 0) is 23.8 Å². The maximum Gasteiger partial charge on any atom is 0.160 e. The van der Waals surface area contributed by atoms with Gasteiger partial charge in [-0.2, -0.15) is 0 Å². The minimum absolute atomic E-state index is 0.548. The molecule has 2 heterocycles. The molecule has 0 aliphatic carbocycles. The Morgan fingerprint density at radius 1 is 0.870 bits per heavy atom. The number of para-hydroxylation sites is 1. The van der Waals surface area contributed by atoms with Crippen LogP contribution in [0.3, 0.4) is 0 Å². The lowest BCUT2D eigenvalue weighted by molar-refractivity contribution is 0.307. The third-order valence-electron chi connectivity index (χ3n) is 3.73. The van der Waals surface area contributed by atoms with Crippen molar-refractivity contribution in [3.05, 3.63) is 84.8 Å². The highest BCUT2D eigenvalue weighted by Gasteiger charge is 2.07. The summed E-state index contributed by atoms with van der Waals surface area (Å²) in [5.41, 5.74) is 4.10.